The number of aliphatic imine (C=N–C) groups is 2. The summed E-state index contributed by atoms with van der Waals surface area (Å²) in [5.41, 5.74) is 28.9. The molecule has 4 unspecified atom stereocenters. The second kappa shape index (κ2) is 19.2. The number of benzene rings is 2. The minimum absolute atomic E-state index is 0.0401. The number of nitrogens with one attached hydrogen (secondary N) is 3. The third-order valence-electron chi connectivity index (χ3n) is 6.70. The zero-order valence-electron chi connectivity index (χ0n) is 25.1. The summed E-state index contributed by atoms with van der Waals surface area (Å²) in [7, 11) is 0. The van der Waals surface area contributed by atoms with Crippen LogP contribution in [0.1, 0.15) is 36.8 Å². The second-order valence-corrected chi connectivity index (χ2v) is 10.4. The Balaban J connectivity index is 2.22. The molecule has 0 saturated carbocycles. The Morgan fingerprint density at radius 1 is 0.622 bits per heavy atom. The monoisotopic (exact) mass is 624 g/mol. The zero-order valence-corrected chi connectivity index (χ0v) is 25.1. The highest BCUT2D eigenvalue weighted by molar-refractivity contribution is 5.94. The molecule has 2 aromatic carbocycles. The van der Waals surface area contributed by atoms with Gasteiger partial charge in [-0.25, -0.2) is 4.79 Å². The van der Waals surface area contributed by atoms with E-state index in [0.29, 0.717) is 18.4 Å². The maximum Gasteiger partial charge on any atom is 0.326 e. The fraction of sp³-hybridized carbons (Fsp3) is 0.400. The van der Waals surface area contributed by atoms with Crippen LogP contribution in [-0.2, 0) is 32.0 Å². The number of carbonyl (C=O) groups excluding carboxylic acids is 3. The van der Waals surface area contributed by atoms with Gasteiger partial charge in [0.25, 0.3) is 0 Å². The van der Waals surface area contributed by atoms with Gasteiger partial charge in [-0.1, -0.05) is 60.7 Å². The van der Waals surface area contributed by atoms with Gasteiger partial charge >= 0.3 is 5.97 Å². The summed E-state index contributed by atoms with van der Waals surface area (Å²) in [5, 5.41) is 17.7. The van der Waals surface area contributed by atoms with Crippen molar-refractivity contribution in [3.8, 4) is 0 Å². The Morgan fingerprint density at radius 2 is 1.04 bits per heavy atom. The number of aliphatic carboxylic acids is 1. The van der Waals surface area contributed by atoms with E-state index in [1.165, 1.54) is 0 Å². The summed E-state index contributed by atoms with van der Waals surface area (Å²) in [6.45, 7) is 0.476. The molecule has 0 fully saturated rings. The molecule has 3 amide bonds. The molecule has 2 rings (SSSR count). The zero-order chi connectivity index (χ0) is 33.2. The first-order chi connectivity index (χ1) is 21.5. The van der Waals surface area contributed by atoms with Crippen molar-refractivity contribution in [3.05, 3.63) is 71.8 Å². The number of nitrogens with zero attached hydrogens (tertiary/aromatic N) is 2. The van der Waals surface area contributed by atoms with Crippen LogP contribution in [-0.4, -0.2) is 78.0 Å². The van der Waals surface area contributed by atoms with Crippen molar-refractivity contribution in [2.45, 2.75) is 62.7 Å². The van der Waals surface area contributed by atoms with Crippen molar-refractivity contribution < 1.29 is 24.3 Å². The lowest BCUT2D eigenvalue weighted by atomic mass is 10.0. The lowest BCUT2D eigenvalue weighted by molar-refractivity contribution is -0.142. The number of carbonyl (C=O) groups is 4. The number of amides is 3. The van der Waals surface area contributed by atoms with E-state index in [9.17, 15) is 24.3 Å². The van der Waals surface area contributed by atoms with Crippen molar-refractivity contribution >= 4 is 35.6 Å². The first kappa shape index (κ1) is 36.0. The predicted molar refractivity (Wildman–Crippen MR) is 172 cm³/mol. The fourth-order valence-electron chi connectivity index (χ4n) is 4.36. The number of rotatable bonds is 19. The highest BCUT2D eigenvalue weighted by Gasteiger charge is 2.30. The van der Waals surface area contributed by atoms with E-state index in [1.807, 2.05) is 0 Å². The van der Waals surface area contributed by atoms with Crippen LogP contribution >= 0.6 is 0 Å². The maximum absolute atomic E-state index is 13.6. The predicted octanol–water partition coefficient (Wildman–Crippen LogP) is -1.55. The molecule has 15 nitrogen and oxygen atoms in total. The maximum atomic E-state index is 13.6. The molecule has 0 heterocycles. The molecule has 0 saturated heterocycles. The molecule has 0 aliphatic heterocycles. The van der Waals surface area contributed by atoms with Gasteiger partial charge in [0.05, 0.1) is 6.04 Å². The first-order valence-corrected chi connectivity index (χ1v) is 14.5. The molecule has 0 radical (unpaired) electrons. The van der Waals surface area contributed by atoms with Gasteiger partial charge in [-0.15, -0.1) is 0 Å². The molecule has 0 aliphatic carbocycles. The normalized spacial score (nSPS) is 13.3. The highest BCUT2D eigenvalue weighted by Crippen LogP contribution is 2.09. The topological polar surface area (TPSA) is 279 Å². The second-order valence-electron chi connectivity index (χ2n) is 10.4. The van der Waals surface area contributed by atoms with Gasteiger partial charge in [0, 0.05) is 25.9 Å². The summed E-state index contributed by atoms with van der Waals surface area (Å²) in [6.07, 6.45) is 1.24. The standard InChI is InChI=1S/C30H44N10O5/c31-21(13-7-15-36-29(32)33)25(41)38-22(14-8-16-37-30(34)35)26(42)39-23(17-19-9-3-1-4-10-19)27(43)40-24(28(44)45)18-20-11-5-2-6-12-20/h1-6,9-12,21-24H,7-8,13-18,31H2,(H,38,41)(H,39,42)(H,40,43)(H,44,45)(H4,32,33,36)(H4,34,35,37). The Bertz CT molecular complexity index is 1300. The van der Waals surface area contributed by atoms with Crippen molar-refractivity contribution in [2.75, 3.05) is 13.1 Å². The lowest BCUT2D eigenvalue weighted by Gasteiger charge is -2.25. The van der Waals surface area contributed by atoms with Crippen LogP contribution in [0.25, 0.3) is 0 Å². The highest BCUT2D eigenvalue weighted by atomic mass is 16.4. The van der Waals surface area contributed by atoms with Crippen molar-refractivity contribution in [1.82, 2.24) is 16.0 Å². The minimum atomic E-state index is -1.25. The minimum Gasteiger partial charge on any atom is -0.480 e. The number of carboxylic acids is 1. The van der Waals surface area contributed by atoms with Gasteiger partial charge in [0.15, 0.2) is 11.9 Å². The third-order valence-corrected chi connectivity index (χ3v) is 6.70. The molecule has 0 spiro atoms. The molecule has 244 valence electrons. The summed E-state index contributed by atoms with van der Waals surface area (Å²) < 4.78 is 0. The number of nitrogens with two attached hydrogens (primary N) is 5. The van der Waals surface area contributed by atoms with Crippen LogP contribution in [0.15, 0.2) is 70.6 Å². The molecule has 14 N–H and O–H groups in total. The number of hydrogen-bond donors (Lipinski definition) is 9. The third kappa shape index (κ3) is 14.2. The average Bonchev–Trinajstić information content (AvgIpc) is 3.00. The largest absolute Gasteiger partial charge is 0.480 e. The molecule has 0 aliphatic rings. The van der Waals surface area contributed by atoms with Crippen LogP contribution in [0.4, 0.5) is 0 Å². The molecule has 15 heteroatoms. The molecule has 2 aromatic rings. The van der Waals surface area contributed by atoms with Gasteiger partial charge in [0.2, 0.25) is 17.7 Å². The molecule has 45 heavy (non-hydrogen) atoms. The van der Waals surface area contributed by atoms with E-state index in [-0.39, 0.29) is 50.7 Å². The summed E-state index contributed by atoms with van der Waals surface area (Å²) in [6, 6.07) is 13.3. The van der Waals surface area contributed by atoms with Crippen LogP contribution in [0.5, 0.6) is 0 Å². The van der Waals surface area contributed by atoms with Crippen LogP contribution in [0.2, 0.25) is 0 Å². The van der Waals surface area contributed by atoms with E-state index >= 15 is 0 Å². The quantitative estimate of drug-likeness (QED) is 0.0492. The van der Waals surface area contributed by atoms with Gasteiger partial charge in [-0.2, -0.15) is 0 Å². The fourth-order valence-corrected chi connectivity index (χ4v) is 4.36. The lowest BCUT2D eigenvalue weighted by Crippen LogP contribution is -2.57. The number of guanidine groups is 2. The summed E-state index contributed by atoms with van der Waals surface area (Å²) >= 11 is 0. The van der Waals surface area contributed by atoms with E-state index in [0.717, 1.165) is 5.56 Å². The first-order valence-electron chi connectivity index (χ1n) is 14.5. The van der Waals surface area contributed by atoms with E-state index in [2.05, 4.69) is 25.9 Å². The SMILES string of the molecule is NC(N)=NCCCC(N)C(=O)NC(CCCN=C(N)N)C(=O)NC(Cc1ccccc1)C(=O)NC(Cc1ccccc1)C(=O)O. The van der Waals surface area contributed by atoms with E-state index < -0.39 is 47.9 Å². The molecule has 0 bridgehead atoms. The Kier molecular flexibility index (Phi) is 15.3. The van der Waals surface area contributed by atoms with Gasteiger partial charge < -0.3 is 49.7 Å². The summed E-state index contributed by atoms with van der Waals surface area (Å²) in [4.78, 5) is 59.8. The van der Waals surface area contributed by atoms with E-state index in [1.54, 1.807) is 60.7 Å². The van der Waals surface area contributed by atoms with Crippen molar-refractivity contribution in [2.24, 2.45) is 38.7 Å². The number of hydrogen-bond acceptors (Lipinski definition) is 7. The van der Waals surface area contributed by atoms with E-state index in [4.69, 9.17) is 28.7 Å². The Labute approximate surface area is 262 Å². The summed E-state index contributed by atoms with van der Waals surface area (Å²) in [5.74, 6) is -3.36. The average molecular weight is 625 g/mol. The van der Waals surface area contributed by atoms with Gasteiger partial charge in [-0.3, -0.25) is 24.4 Å². The molecule has 4 atom stereocenters. The number of carboxylic acid groups (broad SMARTS) is 1. The Hall–Kier alpha value is -5.18. The van der Waals surface area contributed by atoms with Crippen LogP contribution < -0.4 is 44.6 Å². The van der Waals surface area contributed by atoms with Gasteiger partial charge in [-0.05, 0) is 36.8 Å². The molecule has 0 aromatic heterocycles. The smallest absolute Gasteiger partial charge is 0.326 e. The van der Waals surface area contributed by atoms with Crippen LogP contribution in [0.3, 0.4) is 0 Å². The van der Waals surface area contributed by atoms with Crippen molar-refractivity contribution in [1.29, 1.82) is 0 Å². The van der Waals surface area contributed by atoms with Crippen LogP contribution in [0, 0.1) is 0 Å². The van der Waals surface area contributed by atoms with Gasteiger partial charge in [0.1, 0.15) is 18.1 Å². The molecular weight excluding hydrogens is 580 g/mol. The Morgan fingerprint density at radius 3 is 1.53 bits per heavy atom. The molecular formula is C30H44N10O5. The van der Waals surface area contributed by atoms with Crippen molar-refractivity contribution in [3.63, 3.8) is 0 Å².